The Balaban J connectivity index is 1.29. The Morgan fingerprint density at radius 1 is 1.05 bits per heavy atom. The molecule has 1 atom stereocenters. The number of carbonyl (C=O) groups is 1. The molecule has 11 heteroatoms. The van der Waals surface area contributed by atoms with E-state index in [2.05, 4.69) is 20.9 Å². The SMILES string of the molecule is CC(C)(C=C(C#N)C(=O)N1CCC(n2c(=O)n(-c3ccc(Oc4ccccc4)cc3)c3c(N)ncnc32)C1)N1CCCC1. The normalized spacial score (nSPS) is 17.8. The largest absolute Gasteiger partial charge is 0.457 e. The van der Waals surface area contributed by atoms with Gasteiger partial charge in [0.05, 0.1) is 11.7 Å². The molecule has 2 aromatic heterocycles. The van der Waals surface area contributed by atoms with Crippen molar-refractivity contribution >= 4 is 22.9 Å². The molecule has 0 saturated carbocycles. The molecule has 1 amide bonds. The molecule has 4 heterocycles. The van der Waals surface area contributed by atoms with E-state index in [-0.39, 0.29) is 35.6 Å². The molecule has 0 aliphatic carbocycles. The summed E-state index contributed by atoms with van der Waals surface area (Å²) in [6.45, 7) is 6.65. The molecule has 2 fully saturated rings. The Bertz CT molecular complexity index is 1780. The maximum Gasteiger partial charge on any atom is 0.335 e. The molecule has 0 spiro atoms. The maximum absolute atomic E-state index is 14.0. The van der Waals surface area contributed by atoms with Gasteiger partial charge in [0.2, 0.25) is 0 Å². The summed E-state index contributed by atoms with van der Waals surface area (Å²) in [6.07, 6.45) is 5.88. The Morgan fingerprint density at radius 3 is 2.44 bits per heavy atom. The first-order valence-electron chi connectivity index (χ1n) is 14.5. The highest BCUT2D eigenvalue weighted by molar-refractivity contribution is 5.97. The third-order valence-corrected chi connectivity index (χ3v) is 8.34. The van der Waals surface area contributed by atoms with Crippen LogP contribution in [0.5, 0.6) is 11.5 Å². The summed E-state index contributed by atoms with van der Waals surface area (Å²) in [5.74, 6) is 1.18. The Labute approximate surface area is 249 Å². The molecule has 43 heavy (non-hydrogen) atoms. The lowest BCUT2D eigenvalue weighted by Crippen LogP contribution is -2.41. The van der Waals surface area contributed by atoms with Crippen molar-refractivity contribution in [3.63, 3.8) is 0 Å². The number of ether oxygens (including phenoxy) is 1. The zero-order valence-corrected chi connectivity index (χ0v) is 24.3. The van der Waals surface area contributed by atoms with Crippen molar-refractivity contribution in [1.29, 1.82) is 5.26 Å². The lowest BCUT2D eigenvalue weighted by Gasteiger charge is -2.33. The molecule has 11 nitrogen and oxygen atoms in total. The predicted molar refractivity (Wildman–Crippen MR) is 163 cm³/mol. The average molecular weight is 579 g/mol. The number of aromatic nitrogens is 4. The second kappa shape index (κ2) is 11.4. The number of para-hydroxylation sites is 1. The van der Waals surface area contributed by atoms with Crippen LogP contribution >= 0.6 is 0 Å². The van der Waals surface area contributed by atoms with Gasteiger partial charge in [-0.2, -0.15) is 5.26 Å². The number of fused-ring (bicyclic) bond motifs is 1. The smallest absolute Gasteiger partial charge is 0.335 e. The van der Waals surface area contributed by atoms with Crippen LogP contribution in [0.1, 0.15) is 39.2 Å². The molecule has 4 aromatic rings. The standard InChI is InChI=1S/C32H34N8O3/c1-32(2,38-15-6-7-16-38)18-22(19-33)30(41)37-17-14-24(20-37)40-29-27(28(34)35-21-36-29)39(31(40)42)23-10-12-26(13-11-23)43-25-8-4-3-5-9-25/h3-5,8-13,18,21,24H,6-7,14-17,20H2,1-2H3,(H2,34,35,36). The summed E-state index contributed by atoms with van der Waals surface area (Å²) >= 11 is 0. The van der Waals surface area contributed by atoms with Crippen LogP contribution in [0.4, 0.5) is 5.82 Å². The van der Waals surface area contributed by atoms with E-state index in [1.54, 1.807) is 39.8 Å². The van der Waals surface area contributed by atoms with Gasteiger partial charge in [0, 0.05) is 18.6 Å². The monoisotopic (exact) mass is 578 g/mol. The summed E-state index contributed by atoms with van der Waals surface area (Å²) < 4.78 is 9.01. The van der Waals surface area contributed by atoms with Gasteiger partial charge in [-0.05, 0) is 88.7 Å². The highest BCUT2D eigenvalue weighted by Gasteiger charge is 2.35. The van der Waals surface area contributed by atoms with Gasteiger partial charge in [0.15, 0.2) is 11.5 Å². The topological polar surface area (TPSA) is 135 Å². The fourth-order valence-electron chi connectivity index (χ4n) is 6.11. The third kappa shape index (κ3) is 5.37. The highest BCUT2D eigenvalue weighted by atomic mass is 16.5. The van der Waals surface area contributed by atoms with Gasteiger partial charge in [-0.15, -0.1) is 0 Å². The van der Waals surface area contributed by atoms with Crippen molar-refractivity contribution in [1.82, 2.24) is 28.9 Å². The number of amides is 1. The summed E-state index contributed by atoms with van der Waals surface area (Å²) in [5.41, 5.74) is 7.06. The number of nitrogen functional groups attached to an aromatic ring is 1. The van der Waals surface area contributed by atoms with E-state index in [9.17, 15) is 14.9 Å². The molecule has 0 radical (unpaired) electrons. The predicted octanol–water partition coefficient (Wildman–Crippen LogP) is 4.05. The van der Waals surface area contributed by atoms with Gasteiger partial charge in [0.1, 0.15) is 35.0 Å². The molecule has 6 rings (SSSR count). The van der Waals surface area contributed by atoms with Crippen molar-refractivity contribution in [3.8, 4) is 23.3 Å². The first-order chi connectivity index (χ1) is 20.8. The van der Waals surface area contributed by atoms with E-state index in [0.29, 0.717) is 41.3 Å². The number of anilines is 1. The Morgan fingerprint density at radius 2 is 1.74 bits per heavy atom. The minimum atomic E-state index is -0.406. The van der Waals surface area contributed by atoms with E-state index in [1.165, 1.54) is 10.9 Å². The van der Waals surface area contributed by atoms with Crippen LogP contribution in [0.3, 0.4) is 0 Å². The van der Waals surface area contributed by atoms with E-state index < -0.39 is 5.54 Å². The molecule has 220 valence electrons. The van der Waals surface area contributed by atoms with Gasteiger partial charge >= 0.3 is 5.69 Å². The number of nitrogens with zero attached hydrogens (tertiary/aromatic N) is 7. The molecule has 1 unspecified atom stereocenters. The molecule has 2 aliphatic rings. The number of nitrogens with two attached hydrogens (primary N) is 1. The van der Waals surface area contributed by atoms with Crippen LogP contribution in [0.25, 0.3) is 16.9 Å². The Hall–Kier alpha value is -4.95. The van der Waals surface area contributed by atoms with Crippen molar-refractivity contribution in [2.75, 3.05) is 31.9 Å². The zero-order chi connectivity index (χ0) is 30.1. The number of likely N-dealkylation sites (tertiary alicyclic amines) is 2. The molecule has 2 saturated heterocycles. The number of benzene rings is 2. The summed E-state index contributed by atoms with van der Waals surface area (Å²) in [6, 6.07) is 18.4. The Kier molecular flexibility index (Phi) is 7.46. The minimum Gasteiger partial charge on any atom is -0.457 e. The van der Waals surface area contributed by atoms with Crippen LogP contribution in [-0.2, 0) is 4.79 Å². The van der Waals surface area contributed by atoms with Crippen LogP contribution < -0.4 is 16.2 Å². The molecule has 0 bridgehead atoms. The van der Waals surface area contributed by atoms with Gasteiger partial charge in [-0.1, -0.05) is 18.2 Å². The van der Waals surface area contributed by atoms with Gasteiger partial charge in [0.25, 0.3) is 5.91 Å². The summed E-state index contributed by atoms with van der Waals surface area (Å²) in [7, 11) is 0. The molecule has 2 N–H and O–H groups in total. The number of hydrogen-bond acceptors (Lipinski definition) is 8. The molecular formula is C32H34N8O3. The van der Waals surface area contributed by atoms with E-state index >= 15 is 0 Å². The van der Waals surface area contributed by atoms with Crippen LogP contribution in [0, 0.1) is 11.3 Å². The van der Waals surface area contributed by atoms with Crippen molar-refractivity contribution in [3.05, 3.63) is 83.1 Å². The molecular weight excluding hydrogens is 544 g/mol. The number of nitriles is 1. The van der Waals surface area contributed by atoms with Crippen molar-refractivity contribution < 1.29 is 9.53 Å². The number of rotatable bonds is 7. The summed E-state index contributed by atoms with van der Waals surface area (Å²) in [5, 5.41) is 9.91. The average Bonchev–Trinajstić information content (AvgIpc) is 3.77. The van der Waals surface area contributed by atoms with Gasteiger partial charge in [-0.3, -0.25) is 18.8 Å². The first kappa shape index (κ1) is 28.2. The van der Waals surface area contributed by atoms with Crippen LogP contribution in [0.15, 0.2) is 77.4 Å². The third-order valence-electron chi connectivity index (χ3n) is 8.34. The van der Waals surface area contributed by atoms with Crippen molar-refractivity contribution in [2.24, 2.45) is 0 Å². The van der Waals surface area contributed by atoms with Gasteiger partial charge < -0.3 is 15.4 Å². The van der Waals surface area contributed by atoms with E-state index in [0.717, 1.165) is 25.9 Å². The number of hydrogen-bond donors (Lipinski definition) is 1. The number of carbonyl (C=O) groups excluding carboxylic acids is 1. The van der Waals surface area contributed by atoms with Crippen LogP contribution in [0.2, 0.25) is 0 Å². The molecule has 2 aliphatic heterocycles. The fourth-order valence-corrected chi connectivity index (χ4v) is 6.11. The highest BCUT2D eigenvalue weighted by Crippen LogP contribution is 2.30. The second-order valence-corrected chi connectivity index (χ2v) is 11.5. The van der Waals surface area contributed by atoms with Crippen LogP contribution in [-0.4, -0.2) is 66.5 Å². The first-order valence-corrected chi connectivity index (χ1v) is 14.5. The molecule has 2 aromatic carbocycles. The van der Waals surface area contributed by atoms with E-state index in [1.807, 2.05) is 44.2 Å². The summed E-state index contributed by atoms with van der Waals surface area (Å²) in [4.78, 5) is 40.0. The lowest BCUT2D eigenvalue weighted by atomic mass is 9.99. The maximum atomic E-state index is 14.0. The second-order valence-electron chi connectivity index (χ2n) is 11.5. The van der Waals surface area contributed by atoms with Crippen molar-refractivity contribution in [2.45, 2.75) is 44.7 Å². The zero-order valence-electron chi connectivity index (χ0n) is 24.3. The van der Waals surface area contributed by atoms with Gasteiger partial charge in [-0.25, -0.2) is 14.8 Å². The minimum absolute atomic E-state index is 0.122. The van der Waals surface area contributed by atoms with E-state index in [4.69, 9.17) is 10.5 Å². The number of imidazole rings is 1. The lowest BCUT2D eigenvalue weighted by molar-refractivity contribution is -0.125. The fraction of sp³-hybridized carbons (Fsp3) is 0.344. The quantitative estimate of drug-likeness (QED) is 0.256.